The maximum Gasteiger partial charge on any atom is 0.0704 e. The molecule has 0 spiro atoms. The number of nitrogens with one attached hydrogen (secondary N) is 1. The lowest BCUT2D eigenvalue weighted by atomic mass is 10.0. The molecule has 2 heteroatoms. The molecule has 2 rings (SSSR count). The van der Waals surface area contributed by atoms with Crippen LogP contribution in [0.4, 0.5) is 0 Å². The van der Waals surface area contributed by atoms with E-state index in [-0.39, 0.29) is 0 Å². The minimum atomic E-state index is 0.652. The van der Waals surface area contributed by atoms with Gasteiger partial charge in [-0.1, -0.05) is 38.5 Å². The van der Waals surface area contributed by atoms with Crippen molar-refractivity contribution in [3.05, 3.63) is 42.1 Å². The molecular formula is C18H26N2. The van der Waals surface area contributed by atoms with E-state index < -0.39 is 0 Å². The van der Waals surface area contributed by atoms with Crippen LogP contribution in [0.15, 0.2) is 36.5 Å². The third-order valence-corrected chi connectivity index (χ3v) is 3.77. The zero-order valence-corrected chi connectivity index (χ0v) is 12.7. The van der Waals surface area contributed by atoms with Crippen LogP contribution in [0.1, 0.15) is 45.1 Å². The number of pyridine rings is 1. The molecule has 0 saturated heterocycles. The summed E-state index contributed by atoms with van der Waals surface area (Å²) < 4.78 is 0. The quantitative estimate of drug-likeness (QED) is 0.772. The van der Waals surface area contributed by atoms with Crippen molar-refractivity contribution in [2.75, 3.05) is 6.54 Å². The maximum absolute atomic E-state index is 4.44. The maximum atomic E-state index is 4.44. The van der Waals surface area contributed by atoms with E-state index in [1.807, 2.05) is 12.3 Å². The summed E-state index contributed by atoms with van der Waals surface area (Å²) in [7, 11) is 0. The molecule has 2 nitrogen and oxygen atoms in total. The Morgan fingerprint density at radius 3 is 2.80 bits per heavy atom. The fourth-order valence-corrected chi connectivity index (χ4v) is 2.65. The minimum absolute atomic E-state index is 0.652. The van der Waals surface area contributed by atoms with Crippen LogP contribution in [0.25, 0.3) is 10.9 Å². The first-order valence-electron chi connectivity index (χ1n) is 7.90. The molecule has 1 atom stereocenters. The topological polar surface area (TPSA) is 24.9 Å². The lowest BCUT2D eigenvalue weighted by molar-refractivity contribution is 0.449. The summed E-state index contributed by atoms with van der Waals surface area (Å²) in [5.74, 6) is 0. The second-order valence-corrected chi connectivity index (χ2v) is 5.51. The molecule has 0 fully saturated rings. The fraction of sp³-hybridized carbons (Fsp3) is 0.500. The van der Waals surface area contributed by atoms with E-state index >= 15 is 0 Å². The molecule has 1 unspecified atom stereocenters. The van der Waals surface area contributed by atoms with Gasteiger partial charge in [0.15, 0.2) is 0 Å². The van der Waals surface area contributed by atoms with E-state index in [2.05, 4.69) is 48.4 Å². The van der Waals surface area contributed by atoms with Gasteiger partial charge in [0.25, 0.3) is 0 Å². The SMILES string of the molecule is CCCNC(CCC)CCc1ccc2cccnc2c1. The van der Waals surface area contributed by atoms with E-state index in [9.17, 15) is 0 Å². The van der Waals surface area contributed by atoms with Gasteiger partial charge in [-0.25, -0.2) is 0 Å². The molecule has 0 saturated carbocycles. The van der Waals surface area contributed by atoms with Crippen LogP contribution in [0.5, 0.6) is 0 Å². The first kappa shape index (κ1) is 15.0. The zero-order valence-electron chi connectivity index (χ0n) is 12.7. The Morgan fingerprint density at radius 2 is 2.00 bits per heavy atom. The van der Waals surface area contributed by atoms with Crippen LogP contribution < -0.4 is 5.32 Å². The summed E-state index contributed by atoms with van der Waals surface area (Å²) >= 11 is 0. The fourth-order valence-electron chi connectivity index (χ4n) is 2.65. The van der Waals surface area contributed by atoms with Crippen LogP contribution in [0, 0.1) is 0 Å². The number of benzene rings is 1. The number of rotatable bonds is 8. The van der Waals surface area contributed by atoms with Crippen molar-refractivity contribution in [3.8, 4) is 0 Å². The van der Waals surface area contributed by atoms with Crippen molar-refractivity contribution in [3.63, 3.8) is 0 Å². The molecule has 20 heavy (non-hydrogen) atoms. The number of nitrogens with zero attached hydrogens (tertiary/aromatic N) is 1. The highest BCUT2D eigenvalue weighted by atomic mass is 14.9. The molecule has 108 valence electrons. The lowest BCUT2D eigenvalue weighted by Crippen LogP contribution is -2.30. The predicted octanol–water partition coefficient (Wildman–Crippen LogP) is 4.34. The normalized spacial score (nSPS) is 12.7. The predicted molar refractivity (Wildman–Crippen MR) is 87.1 cm³/mol. The Morgan fingerprint density at radius 1 is 1.10 bits per heavy atom. The molecule has 1 N–H and O–H groups in total. The third kappa shape index (κ3) is 4.31. The van der Waals surface area contributed by atoms with Crippen molar-refractivity contribution >= 4 is 10.9 Å². The van der Waals surface area contributed by atoms with Gasteiger partial charge in [-0.05, 0) is 49.9 Å². The Hall–Kier alpha value is -1.41. The second-order valence-electron chi connectivity index (χ2n) is 5.51. The van der Waals surface area contributed by atoms with Gasteiger partial charge >= 0.3 is 0 Å². The summed E-state index contributed by atoms with van der Waals surface area (Å²) in [5, 5.41) is 4.89. The molecule has 0 radical (unpaired) electrons. The summed E-state index contributed by atoms with van der Waals surface area (Å²) in [5.41, 5.74) is 2.51. The van der Waals surface area contributed by atoms with E-state index in [4.69, 9.17) is 0 Å². The van der Waals surface area contributed by atoms with Crippen LogP contribution in [0.3, 0.4) is 0 Å². The molecular weight excluding hydrogens is 244 g/mol. The molecule has 1 aromatic heterocycles. The van der Waals surface area contributed by atoms with Crippen LogP contribution in [0.2, 0.25) is 0 Å². The molecule has 0 aliphatic heterocycles. The van der Waals surface area contributed by atoms with Gasteiger partial charge in [0.1, 0.15) is 0 Å². The van der Waals surface area contributed by atoms with Gasteiger partial charge in [0, 0.05) is 17.6 Å². The van der Waals surface area contributed by atoms with Gasteiger partial charge in [-0.3, -0.25) is 4.98 Å². The molecule has 1 aromatic carbocycles. The number of aromatic nitrogens is 1. The molecule has 1 heterocycles. The van der Waals surface area contributed by atoms with Crippen LogP contribution in [-0.4, -0.2) is 17.6 Å². The highest BCUT2D eigenvalue weighted by Gasteiger charge is 2.07. The largest absolute Gasteiger partial charge is 0.314 e. The lowest BCUT2D eigenvalue weighted by Gasteiger charge is -2.17. The highest BCUT2D eigenvalue weighted by Crippen LogP contribution is 2.15. The molecule has 0 amide bonds. The van der Waals surface area contributed by atoms with E-state index in [0.717, 1.165) is 18.5 Å². The minimum Gasteiger partial charge on any atom is -0.314 e. The number of fused-ring (bicyclic) bond motifs is 1. The number of hydrogen-bond donors (Lipinski definition) is 1. The molecule has 0 aliphatic carbocycles. The third-order valence-electron chi connectivity index (χ3n) is 3.77. The summed E-state index contributed by atoms with van der Waals surface area (Å²) in [6.45, 7) is 5.62. The average Bonchev–Trinajstić information content (AvgIpc) is 2.50. The van der Waals surface area contributed by atoms with Crippen LogP contribution in [-0.2, 0) is 6.42 Å². The van der Waals surface area contributed by atoms with Gasteiger partial charge < -0.3 is 5.32 Å². The Bertz CT molecular complexity index is 522. The number of aryl methyl sites for hydroxylation is 1. The summed E-state index contributed by atoms with van der Waals surface area (Å²) in [4.78, 5) is 4.44. The first-order valence-corrected chi connectivity index (χ1v) is 7.90. The molecule has 0 aliphatic rings. The van der Waals surface area contributed by atoms with Crippen molar-refractivity contribution in [1.82, 2.24) is 10.3 Å². The van der Waals surface area contributed by atoms with E-state index in [1.165, 1.54) is 36.6 Å². The smallest absolute Gasteiger partial charge is 0.0704 e. The molecule has 2 aromatic rings. The van der Waals surface area contributed by atoms with Crippen molar-refractivity contribution in [2.24, 2.45) is 0 Å². The van der Waals surface area contributed by atoms with E-state index in [1.54, 1.807) is 0 Å². The van der Waals surface area contributed by atoms with Gasteiger partial charge in [0.05, 0.1) is 5.52 Å². The zero-order chi connectivity index (χ0) is 14.2. The average molecular weight is 270 g/mol. The van der Waals surface area contributed by atoms with Crippen molar-refractivity contribution in [2.45, 2.75) is 52.0 Å². The first-order chi connectivity index (χ1) is 9.83. The van der Waals surface area contributed by atoms with Crippen molar-refractivity contribution in [1.29, 1.82) is 0 Å². The number of hydrogen-bond acceptors (Lipinski definition) is 2. The summed E-state index contributed by atoms with van der Waals surface area (Å²) in [6, 6.07) is 11.4. The Labute approximate surface area is 122 Å². The Kier molecular flexibility index (Phi) is 6.00. The molecule has 0 bridgehead atoms. The highest BCUT2D eigenvalue weighted by molar-refractivity contribution is 5.78. The monoisotopic (exact) mass is 270 g/mol. The second kappa shape index (κ2) is 8.01. The van der Waals surface area contributed by atoms with Crippen molar-refractivity contribution < 1.29 is 0 Å². The standard InChI is InChI=1S/C18H26N2/c1-3-6-17(19-12-4-2)11-9-15-8-10-16-7-5-13-20-18(16)14-15/h5,7-8,10,13-14,17,19H,3-4,6,9,11-12H2,1-2H3. The van der Waals surface area contributed by atoms with Gasteiger partial charge in [-0.15, -0.1) is 0 Å². The van der Waals surface area contributed by atoms with Gasteiger partial charge in [0.2, 0.25) is 0 Å². The van der Waals surface area contributed by atoms with E-state index in [0.29, 0.717) is 6.04 Å². The Balaban J connectivity index is 1.96. The summed E-state index contributed by atoms with van der Waals surface area (Å²) in [6.07, 6.45) is 7.95. The van der Waals surface area contributed by atoms with Crippen LogP contribution >= 0.6 is 0 Å². The van der Waals surface area contributed by atoms with Gasteiger partial charge in [-0.2, -0.15) is 0 Å².